The molecule has 0 radical (unpaired) electrons. The first-order valence-electron chi connectivity index (χ1n) is 10.3. The second-order valence-electron chi connectivity index (χ2n) is 7.50. The van der Waals surface area contributed by atoms with Gasteiger partial charge in [-0.3, -0.25) is 14.5 Å². The number of fused-ring (bicyclic) bond motifs is 1. The minimum Gasteiger partial charge on any atom is -0.387 e. The zero-order valence-corrected chi connectivity index (χ0v) is 17.9. The van der Waals surface area contributed by atoms with Crippen molar-refractivity contribution >= 4 is 28.8 Å². The highest BCUT2D eigenvalue weighted by Crippen LogP contribution is 2.40. The fourth-order valence-corrected chi connectivity index (χ4v) is 3.93. The molecule has 3 heterocycles. The summed E-state index contributed by atoms with van der Waals surface area (Å²) in [6.07, 6.45) is 5.69. The van der Waals surface area contributed by atoms with Gasteiger partial charge < -0.3 is 26.1 Å². The molecule has 2 aliphatic heterocycles. The van der Waals surface area contributed by atoms with E-state index in [0.717, 1.165) is 5.57 Å². The number of amides is 2. The minimum atomic E-state index is -0.348. The number of nitrogens with two attached hydrogens (primary N) is 2. The third-order valence-electron chi connectivity index (χ3n) is 5.47. The molecular weight excluding hydrogens is 410 g/mol. The molecular formula is C22H27N7O3. The van der Waals surface area contributed by atoms with Gasteiger partial charge in [-0.25, -0.2) is 10.6 Å². The molecule has 0 aliphatic carbocycles. The number of allylic oxidation sites excluding steroid dienone is 2. The Bertz CT molecular complexity index is 1070. The molecule has 2 aromatic rings. The normalized spacial score (nSPS) is 15.1. The van der Waals surface area contributed by atoms with Crippen molar-refractivity contribution < 1.29 is 14.3 Å². The van der Waals surface area contributed by atoms with Crippen LogP contribution in [0.4, 0.5) is 16.2 Å². The van der Waals surface area contributed by atoms with E-state index in [0.29, 0.717) is 48.0 Å². The van der Waals surface area contributed by atoms with E-state index in [1.54, 1.807) is 7.11 Å². The van der Waals surface area contributed by atoms with Crippen LogP contribution in [0, 0.1) is 0 Å². The number of hydrogen-bond acceptors (Lipinski definition) is 7. The molecule has 6 N–H and O–H groups in total. The van der Waals surface area contributed by atoms with Gasteiger partial charge in [0.15, 0.2) is 5.78 Å². The predicted octanol–water partition coefficient (Wildman–Crippen LogP) is 1.07. The summed E-state index contributed by atoms with van der Waals surface area (Å²) >= 11 is 0. The SMILES string of the molecule is COCCNC(=O)N1CC(=O)c2c(N(N)c3ccccc3)c(C3=CCNC=C3)n(N)c2C1. The van der Waals surface area contributed by atoms with Gasteiger partial charge in [0, 0.05) is 25.8 Å². The number of nitrogens with zero attached hydrogens (tertiary/aromatic N) is 3. The van der Waals surface area contributed by atoms with Gasteiger partial charge >= 0.3 is 6.03 Å². The summed E-state index contributed by atoms with van der Waals surface area (Å²) < 4.78 is 6.44. The maximum atomic E-state index is 13.3. The number of aromatic nitrogens is 1. The van der Waals surface area contributed by atoms with Gasteiger partial charge in [-0.1, -0.05) is 24.3 Å². The van der Waals surface area contributed by atoms with E-state index in [2.05, 4.69) is 10.6 Å². The summed E-state index contributed by atoms with van der Waals surface area (Å²) in [6.45, 7) is 1.47. The molecule has 0 atom stereocenters. The number of dihydropyridines is 1. The highest BCUT2D eigenvalue weighted by Gasteiger charge is 2.37. The van der Waals surface area contributed by atoms with E-state index < -0.39 is 0 Å². The van der Waals surface area contributed by atoms with Crippen molar-refractivity contribution in [3.8, 4) is 0 Å². The molecule has 4 rings (SSSR count). The number of ether oxygens (including phenoxy) is 1. The van der Waals surface area contributed by atoms with Gasteiger partial charge in [0.1, 0.15) is 0 Å². The second-order valence-corrected chi connectivity index (χ2v) is 7.50. The minimum absolute atomic E-state index is 0.0681. The topological polar surface area (TPSA) is 131 Å². The number of hydrogen-bond donors (Lipinski definition) is 4. The van der Waals surface area contributed by atoms with Gasteiger partial charge in [-0.05, 0) is 24.4 Å². The molecule has 2 amide bonds. The zero-order chi connectivity index (χ0) is 22.7. The number of nitrogen functional groups attached to an aromatic ring is 1. The maximum absolute atomic E-state index is 13.3. The second kappa shape index (κ2) is 9.16. The number of ketones is 1. The van der Waals surface area contributed by atoms with Crippen LogP contribution < -0.4 is 27.3 Å². The number of nitrogens with one attached hydrogen (secondary N) is 2. The Balaban J connectivity index is 1.78. The first-order valence-corrected chi connectivity index (χ1v) is 10.3. The van der Waals surface area contributed by atoms with Crippen LogP contribution in [0.15, 0.2) is 48.7 Å². The lowest BCUT2D eigenvalue weighted by atomic mass is 10.0. The average Bonchev–Trinajstić information content (AvgIpc) is 3.12. The van der Waals surface area contributed by atoms with Crippen molar-refractivity contribution in [1.29, 1.82) is 0 Å². The number of anilines is 2. The Morgan fingerprint density at radius 3 is 2.75 bits per heavy atom. The number of rotatable bonds is 6. The van der Waals surface area contributed by atoms with Crippen molar-refractivity contribution in [3.05, 3.63) is 65.6 Å². The molecule has 0 saturated heterocycles. The highest BCUT2D eigenvalue weighted by molar-refractivity contribution is 6.09. The monoisotopic (exact) mass is 437 g/mol. The van der Waals surface area contributed by atoms with Crippen molar-refractivity contribution in [3.63, 3.8) is 0 Å². The molecule has 2 aliphatic rings. The first-order chi connectivity index (χ1) is 15.5. The van der Waals surface area contributed by atoms with Gasteiger partial charge in [-0.2, -0.15) is 0 Å². The fourth-order valence-electron chi connectivity index (χ4n) is 3.93. The molecule has 32 heavy (non-hydrogen) atoms. The number of carbonyl (C=O) groups excluding carboxylic acids is 2. The molecule has 0 saturated carbocycles. The van der Waals surface area contributed by atoms with Crippen LogP contribution in [0.3, 0.4) is 0 Å². The molecule has 10 heteroatoms. The average molecular weight is 438 g/mol. The van der Waals surface area contributed by atoms with Crippen LogP contribution in [-0.2, 0) is 11.3 Å². The van der Waals surface area contributed by atoms with Gasteiger partial charge in [0.2, 0.25) is 0 Å². The summed E-state index contributed by atoms with van der Waals surface area (Å²) in [6, 6.07) is 9.01. The molecule has 0 unspecified atom stereocenters. The molecule has 0 bridgehead atoms. The van der Waals surface area contributed by atoms with Crippen LogP contribution in [-0.4, -0.2) is 54.7 Å². The summed E-state index contributed by atoms with van der Waals surface area (Å²) in [5, 5.41) is 7.35. The van der Waals surface area contributed by atoms with E-state index in [4.69, 9.17) is 16.4 Å². The number of benzene rings is 1. The van der Waals surface area contributed by atoms with Crippen molar-refractivity contribution in [2.24, 2.45) is 5.84 Å². The fraction of sp³-hybridized carbons (Fsp3) is 0.273. The number of methoxy groups -OCH3 is 1. The molecule has 0 spiro atoms. The molecule has 1 aromatic heterocycles. The Kier molecular flexibility index (Phi) is 6.15. The van der Waals surface area contributed by atoms with Crippen LogP contribution in [0.25, 0.3) is 5.57 Å². The first kappa shape index (κ1) is 21.5. The third-order valence-corrected chi connectivity index (χ3v) is 5.47. The zero-order valence-electron chi connectivity index (χ0n) is 17.9. The lowest BCUT2D eigenvalue weighted by molar-refractivity contribution is 0.0916. The van der Waals surface area contributed by atoms with Gasteiger partial charge in [0.25, 0.3) is 0 Å². The molecule has 10 nitrogen and oxygen atoms in total. The van der Waals surface area contributed by atoms with E-state index in [1.807, 2.05) is 48.7 Å². The Morgan fingerprint density at radius 1 is 1.28 bits per heavy atom. The van der Waals surface area contributed by atoms with Crippen molar-refractivity contribution in [2.45, 2.75) is 6.54 Å². The maximum Gasteiger partial charge on any atom is 0.318 e. The summed E-state index contributed by atoms with van der Waals surface area (Å²) in [4.78, 5) is 27.3. The summed E-state index contributed by atoms with van der Waals surface area (Å²) in [5.74, 6) is 12.8. The van der Waals surface area contributed by atoms with Crippen molar-refractivity contribution in [1.82, 2.24) is 20.2 Å². The van der Waals surface area contributed by atoms with Crippen LogP contribution in [0.5, 0.6) is 0 Å². The summed E-state index contributed by atoms with van der Waals surface area (Å²) in [7, 11) is 1.56. The third kappa shape index (κ3) is 3.93. The smallest absolute Gasteiger partial charge is 0.318 e. The standard InChI is InChI=1S/C22H27N7O3/c1-32-12-11-26-22(31)27-13-17-19(18(30)14-27)21(28(23)16-5-3-2-4-6-16)20(29(17)24)15-7-9-25-10-8-15/h2-9,25H,10-14,23-24H2,1H3,(H,26,31). The van der Waals surface area contributed by atoms with E-state index >= 15 is 0 Å². The molecule has 1 aromatic carbocycles. The predicted molar refractivity (Wildman–Crippen MR) is 122 cm³/mol. The van der Waals surface area contributed by atoms with Crippen LogP contribution in [0.2, 0.25) is 0 Å². The van der Waals surface area contributed by atoms with E-state index in [-0.39, 0.29) is 24.9 Å². The van der Waals surface area contributed by atoms with E-state index in [1.165, 1.54) is 14.6 Å². The van der Waals surface area contributed by atoms with Crippen LogP contribution >= 0.6 is 0 Å². The summed E-state index contributed by atoms with van der Waals surface area (Å²) in [5.41, 5.74) is 3.67. The lowest BCUT2D eigenvalue weighted by Crippen LogP contribution is -2.46. The van der Waals surface area contributed by atoms with Crippen LogP contribution in [0.1, 0.15) is 21.7 Å². The number of urea groups is 1. The number of carbonyl (C=O) groups is 2. The molecule has 0 fully saturated rings. The lowest BCUT2D eigenvalue weighted by Gasteiger charge is -2.28. The Morgan fingerprint density at radius 2 is 2.06 bits per heavy atom. The number of Topliss-reactive ketones (excluding diaryl/α,β-unsaturated/α-hetero) is 1. The van der Waals surface area contributed by atoms with Crippen molar-refractivity contribution in [2.75, 3.05) is 44.2 Å². The largest absolute Gasteiger partial charge is 0.387 e. The van der Waals surface area contributed by atoms with E-state index in [9.17, 15) is 9.59 Å². The Labute approximate surface area is 186 Å². The number of hydrazine groups is 1. The highest BCUT2D eigenvalue weighted by atomic mass is 16.5. The Hall–Kier alpha value is -3.76. The van der Waals surface area contributed by atoms with Gasteiger partial charge in [-0.15, -0.1) is 0 Å². The number of para-hydroxylation sites is 1. The molecule has 168 valence electrons. The van der Waals surface area contributed by atoms with Gasteiger partial charge in [0.05, 0.1) is 48.0 Å². The quantitative estimate of drug-likeness (QED) is 0.302.